The van der Waals surface area contributed by atoms with E-state index in [0.717, 1.165) is 10.0 Å². The maximum Gasteiger partial charge on any atom is 0.328 e. The summed E-state index contributed by atoms with van der Waals surface area (Å²) in [5, 5.41) is 3.12. The molecule has 0 aromatic carbocycles. The number of ether oxygens (including phenoxy) is 1. The molecule has 100 valence electrons. The van der Waals surface area contributed by atoms with Crippen molar-refractivity contribution < 1.29 is 9.53 Å². The largest absolute Gasteiger partial charge is 0.467 e. The van der Waals surface area contributed by atoms with Gasteiger partial charge in [0.1, 0.15) is 11.9 Å². The van der Waals surface area contributed by atoms with Crippen LogP contribution in [-0.4, -0.2) is 24.1 Å². The molecule has 1 atom stereocenters. The molecule has 1 unspecified atom stereocenters. The van der Waals surface area contributed by atoms with E-state index >= 15 is 0 Å². The third-order valence-electron chi connectivity index (χ3n) is 2.56. The first-order valence-corrected chi connectivity index (χ1v) is 6.69. The van der Waals surface area contributed by atoms with Gasteiger partial charge in [0.15, 0.2) is 0 Å². The lowest BCUT2D eigenvalue weighted by atomic mass is 10.0. The Morgan fingerprint density at radius 1 is 1.56 bits per heavy atom. The summed E-state index contributed by atoms with van der Waals surface area (Å²) in [5.41, 5.74) is 1.07. The molecule has 4 nitrogen and oxygen atoms in total. The fourth-order valence-electron chi connectivity index (χ4n) is 1.62. The SMILES string of the molecule is COC(=O)C(CC(C)C)Nc1cc(C)c(Br)cn1. The highest BCUT2D eigenvalue weighted by molar-refractivity contribution is 9.10. The second-order valence-electron chi connectivity index (χ2n) is 4.67. The van der Waals surface area contributed by atoms with Crippen molar-refractivity contribution in [3.63, 3.8) is 0 Å². The molecule has 0 aliphatic heterocycles. The van der Waals surface area contributed by atoms with Crippen molar-refractivity contribution >= 4 is 27.7 Å². The van der Waals surface area contributed by atoms with Crippen LogP contribution in [0.15, 0.2) is 16.7 Å². The molecule has 0 aliphatic carbocycles. The van der Waals surface area contributed by atoms with E-state index in [0.29, 0.717) is 18.2 Å². The summed E-state index contributed by atoms with van der Waals surface area (Å²) in [7, 11) is 1.40. The Balaban J connectivity index is 2.81. The molecule has 0 saturated heterocycles. The normalized spacial score (nSPS) is 12.3. The number of pyridine rings is 1. The number of hydrogen-bond acceptors (Lipinski definition) is 4. The van der Waals surface area contributed by atoms with Crippen LogP contribution in [0.3, 0.4) is 0 Å². The van der Waals surface area contributed by atoms with Crippen molar-refractivity contribution in [1.29, 1.82) is 0 Å². The molecular formula is C13H19BrN2O2. The molecule has 1 aromatic heterocycles. The van der Waals surface area contributed by atoms with Crippen LogP contribution < -0.4 is 5.32 Å². The molecule has 0 aliphatic rings. The Morgan fingerprint density at radius 2 is 2.22 bits per heavy atom. The number of aryl methyl sites for hydroxylation is 1. The zero-order valence-corrected chi connectivity index (χ0v) is 12.7. The molecule has 1 rings (SSSR count). The van der Waals surface area contributed by atoms with Crippen molar-refractivity contribution in [2.75, 3.05) is 12.4 Å². The molecule has 1 heterocycles. The van der Waals surface area contributed by atoms with Crippen LogP contribution in [-0.2, 0) is 9.53 Å². The van der Waals surface area contributed by atoms with E-state index in [1.807, 2.05) is 13.0 Å². The number of carbonyl (C=O) groups is 1. The van der Waals surface area contributed by atoms with Crippen molar-refractivity contribution in [3.8, 4) is 0 Å². The van der Waals surface area contributed by atoms with Gasteiger partial charge in [-0.3, -0.25) is 0 Å². The summed E-state index contributed by atoms with van der Waals surface area (Å²) >= 11 is 3.40. The number of methoxy groups -OCH3 is 1. The summed E-state index contributed by atoms with van der Waals surface area (Å²) in [5.74, 6) is 0.830. The number of nitrogens with zero attached hydrogens (tertiary/aromatic N) is 1. The summed E-state index contributed by atoms with van der Waals surface area (Å²) in [4.78, 5) is 15.9. The lowest BCUT2D eigenvalue weighted by Crippen LogP contribution is -2.32. The van der Waals surface area contributed by atoms with Crippen LogP contribution in [0.1, 0.15) is 25.8 Å². The van der Waals surface area contributed by atoms with Gasteiger partial charge in [0, 0.05) is 10.7 Å². The second-order valence-corrected chi connectivity index (χ2v) is 5.52. The number of hydrogen-bond donors (Lipinski definition) is 1. The summed E-state index contributed by atoms with van der Waals surface area (Å²) in [6, 6.07) is 1.54. The topological polar surface area (TPSA) is 51.2 Å². The third kappa shape index (κ3) is 4.29. The zero-order chi connectivity index (χ0) is 13.7. The maximum atomic E-state index is 11.7. The van der Waals surface area contributed by atoms with Crippen LogP contribution in [0, 0.1) is 12.8 Å². The minimum atomic E-state index is -0.358. The minimum absolute atomic E-state index is 0.258. The average Bonchev–Trinajstić information content (AvgIpc) is 2.31. The lowest BCUT2D eigenvalue weighted by molar-refractivity contribution is -0.141. The van der Waals surface area contributed by atoms with Crippen LogP contribution in [0.2, 0.25) is 0 Å². The smallest absolute Gasteiger partial charge is 0.328 e. The van der Waals surface area contributed by atoms with Gasteiger partial charge in [-0.15, -0.1) is 0 Å². The van der Waals surface area contributed by atoms with Crippen LogP contribution in [0.5, 0.6) is 0 Å². The second kappa shape index (κ2) is 6.73. The summed E-state index contributed by atoms with van der Waals surface area (Å²) < 4.78 is 5.75. The molecule has 1 aromatic rings. The number of aromatic nitrogens is 1. The van der Waals surface area contributed by atoms with Crippen LogP contribution in [0.4, 0.5) is 5.82 Å². The van der Waals surface area contributed by atoms with Gasteiger partial charge in [0.2, 0.25) is 0 Å². The molecule has 0 amide bonds. The number of halogens is 1. The lowest BCUT2D eigenvalue weighted by Gasteiger charge is -2.19. The van der Waals surface area contributed by atoms with E-state index in [-0.39, 0.29) is 12.0 Å². The Bertz CT molecular complexity index is 421. The zero-order valence-electron chi connectivity index (χ0n) is 11.2. The fraction of sp³-hybridized carbons (Fsp3) is 0.538. The molecule has 0 saturated carbocycles. The first-order chi connectivity index (χ1) is 8.43. The number of carbonyl (C=O) groups excluding carboxylic acids is 1. The predicted octanol–water partition coefficient (Wildman–Crippen LogP) is 3.15. The predicted molar refractivity (Wildman–Crippen MR) is 75.6 cm³/mol. The molecular weight excluding hydrogens is 296 g/mol. The van der Waals surface area contributed by atoms with Gasteiger partial charge in [-0.2, -0.15) is 0 Å². The number of nitrogens with one attached hydrogen (secondary N) is 1. The Hall–Kier alpha value is -1.10. The molecule has 0 fully saturated rings. The average molecular weight is 315 g/mol. The summed E-state index contributed by atoms with van der Waals surface area (Å²) in [6.45, 7) is 6.11. The van der Waals surface area contributed by atoms with E-state index in [1.54, 1.807) is 6.20 Å². The van der Waals surface area contributed by atoms with Crippen molar-refractivity contribution in [2.45, 2.75) is 33.2 Å². The van der Waals surface area contributed by atoms with Gasteiger partial charge in [0.25, 0.3) is 0 Å². The number of rotatable bonds is 5. The fourth-order valence-corrected chi connectivity index (χ4v) is 1.84. The monoisotopic (exact) mass is 314 g/mol. The quantitative estimate of drug-likeness (QED) is 0.848. The molecule has 0 bridgehead atoms. The molecule has 0 radical (unpaired) electrons. The van der Waals surface area contributed by atoms with Gasteiger partial charge in [0.05, 0.1) is 7.11 Å². The molecule has 5 heteroatoms. The number of esters is 1. The highest BCUT2D eigenvalue weighted by atomic mass is 79.9. The minimum Gasteiger partial charge on any atom is -0.467 e. The Kier molecular flexibility index (Phi) is 5.59. The first-order valence-electron chi connectivity index (χ1n) is 5.90. The molecule has 0 spiro atoms. The Labute approximate surface area is 116 Å². The van der Waals surface area contributed by atoms with E-state index in [4.69, 9.17) is 4.74 Å². The van der Waals surface area contributed by atoms with Gasteiger partial charge in [-0.05, 0) is 46.8 Å². The molecule has 1 N–H and O–H groups in total. The Morgan fingerprint density at radius 3 is 2.72 bits per heavy atom. The standard InChI is InChI=1S/C13H19BrN2O2/c1-8(2)5-11(13(17)18-4)16-12-6-9(3)10(14)7-15-12/h6-8,11H,5H2,1-4H3,(H,15,16). The van der Waals surface area contributed by atoms with Gasteiger partial charge in [-0.1, -0.05) is 13.8 Å². The van der Waals surface area contributed by atoms with E-state index in [2.05, 4.69) is 40.1 Å². The highest BCUT2D eigenvalue weighted by Gasteiger charge is 2.20. The highest BCUT2D eigenvalue weighted by Crippen LogP contribution is 2.19. The van der Waals surface area contributed by atoms with Gasteiger partial charge < -0.3 is 10.1 Å². The summed E-state index contributed by atoms with van der Waals surface area (Å²) in [6.07, 6.45) is 2.44. The van der Waals surface area contributed by atoms with Crippen molar-refractivity contribution in [3.05, 3.63) is 22.3 Å². The first kappa shape index (κ1) is 15.0. The third-order valence-corrected chi connectivity index (χ3v) is 3.39. The van der Waals surface area contributed by atoms with Crippen molar-refractivity contribution in [2.24, 2.45) is 5.92 Å². The van der Waals surface area contributed by atoms with E-state index in [9.17, 15) is 4.79 Å². The van der Waals surface area contributed by atoms with E-state index < -0.39 is 0 Å². The molecule has 18 heavy (non-hydrogen) atoms. The van der Waals surface area contributed by atoms with Crippen LogP contribution >= 0.6 is 15.9 Å². The van der Waals surface area contributed by atoms with E-state index in [1.165, 1.54) is 7.11 Å². The van der Waals surface area contributed by atoms with Crippen LogP contribution in [0.25, 0.3) is 0 Å². The maximum absolute atomic E-state index is 11.7. The van der Waals surface area contributed by atoms with Crippen molar-refractivity contribution in [1.82, 2.24) is 4.98 Å². The van der Waals surface area contributed by atoms with Gasteiger partial charge >= 0.3 is 5.97 Å². The van der Waals surface area contributed by atoms with Gasteiger partial charge in [-0.25, -0.2) is 9.78 Å². The number of anilines is 1.